The molecule has 10 nitrogen and oxygen atoms in total. The van der Waals surface area contributed by atoms with E-state index in [1.807, 2.05) is 6.92 Å². The van der Waals surface area contributed by atoms with Gasteiger partial charge in [-0.3, -0.25) is 19.3 Å². The Morgan fingerprint density at radius 2 is 2.00 bits per heavy atom. The number of hydrogen-bond acceptors (Lipinski definition) is 7. The average molecular weight is 490 g/mol. The van der Waals surface area contributed by atoms with Gasteiger partial charge in [0.1, 0.15) is 12.9 Å². The second kappa shape index (κ2) is 8.96. The minimum atomic E-state index is -4.61. The highest BCUT2D eigenvalue weighted by atomic mass is 19.4. The molecule has 3 heterocycles. The lowest BCUT2D eigenvalue weighted by atomic mass is 10.1. The summed E-state index contributed by atoms with van der Waals surface area (Å²) in [5, 5.41) is 6.43. The van der Waals surface area contributed by atoms with Crippen LogP contribution >= 0.6 is 0 Å². The van der Waals surface area contributed by atoms with Crippen LogP contribution in [0.15, 0.2) is 24.5 Å². The number of benzene rings is 1. The molecule has 1 aliphatic heterocycles. The van der Waals surface area contributed by atoms with E-state index in [-0.39, 0.29) is 24.2 Å². The lowest BCUT2D eigenvalue weighted by Gasteiger charge is -2.31. The SMILES string of the molecule is Cc1nc2ncnn2c(C)c1CCC(=O)OC(C)C(=O)N1CC(=O)Nc2cc(C(F)(F)F)ccc21. The van der Waals surface area contributed by atoms with Crippen LogP contribution in [0.2, 0.25) is 0 Å². The third-order valence-electron chi connectivity index (χ3n) is 5.68. The summed E-state index contributed by atoms with van der Waals surface area (Å²) in [5.41, 5.74) is 1.23. The minimum absolute atomic E-state index is 0.0484. The monoisotopic (exact) mass is 490 g/mol. The van der Waals surface area contributed by atoms with Crippen LogP contribution in [0, 0.1) is 13.8 Å². The largest absolute Gasteiger partial charge is 0.453 e. The minimum Gasteiger partial charge on any atom is -0.453 e. The molecule has 0 spiro atoms. The molecule has 2 aromatic heterocycles. The average Bonchev–Trinajstić information content (AvgIpc) is 3.25. The van der Waals surface area contributed by atoms with E-state index in [0.29, 0.717) is 11.5 Å². The number of alkyl halides is 3. The first kappa shape index (κ1) is 24.1. The van der Waals surface area contributed by atoms with Crippen molar-refractivity contribution < 1.29 is 32.3 Å². The number of aryl methyl sites for hydroxylation is 2. The molecule has 3 aromatic rings. The second-order valence-corrected chi connectivity index (χ2v) is 8.07. The van der Waals surface area contributed by atoms with Crippen molar-refractivity contribution in [3.8, 4) is 0 Å². The molecule has 184 valence electrons. The third-order valence-corrected chi connectivity index (χ3v) is 5.68. The highest BCUT2D eigenvalue weighted by molar-refractivity contribution is 6.11. The van der Waals surface area contributed by atoms with Gasteiger partial charge in [-0.05, 0) is 51.0 Å². The Kier molecular flexibility index (Phi) is 6.17. The van der Waals surface area contributed by atoms with Crippen LogP contribution < -0.4 is 10.2 Å². The highest BCUT2D eigenvalue weighted by Gasteiger charge is 2.35. The van der Waals surface area contributed by atoms with E-state index in [1.165, 1.54) is 13.3 Å². The molecule has 0 saturated heterocycles. The molecule has 1 aromatic carbocycles. The smallest absolute Gasteiger partial charge is 0.416 e. The molecule has 35 heavy (non-hydrogen) atoms. The first-order chi connectivity index (χ1) is 16.5. The maximum Gasteiger partial charge on any atom is 0.416 e. The Hall–Kier alpha value is -4.03. The Morgan fingerprint density at radius 1 is 1.26 bits per heavy atom. The van der Waals surface area contributed by atoms with Crippen LogP contribution in [0.25, 0.3) is 5.78 Å². The van der Waals surface area contributed by atoms with E-state index in [2.05, 4.69) is 20.4 Å². The van der Waals surface area contributed by atoms with Crippen molar-refractivity contribution in [2.75, 3.05) is 16.8 Å². The number of aromatic nitrogens is 4. The number of halogens is 3. The number of rotatable bonds is 5. The number of fused-ring (bicyclic) bond motifs is 2. The van der Waals surface area contributed by atoms with E-state index in [9.17, 15) is 27.6 Å². The number of carbonyl (C=O) groups is 3. The van der Waals surface area contributed by atoms with Gasteiger partial charge in [-0.15, -0.1) is 0 Å². The summed E-state index contributed by atoms with van der Waals surface area (Å²) in [6.45, 7) is 4.54. The topological polar surface area (TPSA) is 119 Å². The Balaban J connectivity index is 1.44. The molecule has 2 amide bonds. The fourth-order valence-corrected chi connectivity index (χ4v) is 3.93. The van der Waals surface area contributed by atoms with Crippen molar-refractivity contribution in [2.24, 2.45) is 0 Å². The van der Waals surface area contributed by atoms with Crippen LogP contribution in [0.3, 0.4) is 0 Å². The summed E-state index contributed by atoms with van der Waals surface area (Å²) in [7, 11) is 0. The van der Waals surface area contributed by atoms with Crippen molar-refractivity contribution >= 4 is 34.9 Å². The van der Waals surface area contributed by atoms with Crippen molar-refractivity contribution in [3.63, 3.8) is 0 Å². The molecule has 1 N–H and O–H groups in total. The van der Waals surface area contributed by atoms with Gasteiger partial charge < -0.3 is 10.1 Å². The summed E-state index contributed by atoms with van der Waals surface area (Å²) in [6.07, 6.45) is -4.26. The van der Waals surface area contributed by atoms with E-state index in [1.54, 1.807) is 11.4 Å². The fraction of sp³-hybridized carbons (Fsp3) is 0.364. The molecule has 0 radical (unpaired) electrons. The van der Waals surface area contributed by atoms with Crippen molar-refractivity contribution in [1.29, 1.82) is 0 Å². The number of anilines is 2. The normalized spacial score (nSPS) is 14.5. The predicted octanol–water partition coefficient (Wildman–Crippen LogP) is 2.61. The Bertz CT molecular complexity index is 1340. The first-order valence-corrected chi connectivity index (χ1v) is 10.6. The molecular formula is C22H21F3N6O4. The number of amides is 2. The molecule has 4 rings (SSSR count). The number of nitrogens with one attached hydrogen (secondary N) is 1. The number of nitrogens with zero attached hydrogens (tertiary/aromatic N) is 5. The summed E-state index contributed by atoms with van der Waals surface area (Å²) >= 11 is 0. The van der Waals surface area contributed by atoms with Crippen LogP contribution in [-0.2, 0) is 31.7 Å². The number of ether oxygens (including phenoxy) is 1. The molecular weight excluding hydrogens is 469 g/mol. The molecule has 0 saturated carbocycles. The maximum absolute atomic E-state index is 13.0. The highest BCUT2D eigenvalue weighted by Crippen LogP contribution is 2.37. The molecule has 1 aliphatic rings. The molecule has 1 atom stereocenters. The summed E-state index contributed by atoms with van der Waals surface area (Å²) in [5.74, 6) is -1.60. The third kappa shape index (κ3) is 4.79. The Labute approximate surface area is 197 Å². The number of esters is 1. The van der Waals surface area contributed by atoms with Gasteiger partial charge in [0.25, 0.3) is 11.7 Å². The van der Waals surface area contributed by atoms with E-state index in [4.69, 9.17) is 4.74 Å². The molecule has 0 bridgehead atoms. The predicted molar refractivity (Wildman–Crippen MR) is 117 cm³/mol. The molecule has 13 heteroatoms. The lowest BCUT2D eigenvalue weighted by Crippen LogP contribution is -2.47. The molecule has 0 aliphatic carbocycles. The van der Waals surface area contributed by atoms with Crippen molar-refractivity contribution in [1.82, 2.24) is 19.6 Å². The number of carbonyl (C=O) groups excluding carboxylic acids is 3. The summed E-state index contributed by atoms with van der Waals surface area (Å²) < 4.78 is 45.9. The van der Waals surface area contributed by atoms with Gasteiger partial charge in [-0.25, -0.2) is 9.50 Å². The van der Waals surface area contributed by atoms with Crippen LogP contribution in [-0.4, -0.2) is 50.0 Å². The van der Waals surface area contributed by atoms with Gasteiger partial charge in [0.15, 0.2) is 6.10 Å². The zero-order valence-corrected chi connectivity index (χ0v) is 19.0. The van der Waals surface area contributed by atoms with Gasteiger partial charge in [0.05, 0.1) is 16.9 Å². The second-order valence-electron chi connectivity index (χ2n) is 8.07. The molecule has 0 fully saturated rings. The van der Waals surface area contributed by atoms with Crippen LogP contribution in [0.4, 0.5) is 24.5 Å². The van der Waals surface area contributed by atoms with Gasteiger partial charge in [0, 0.05) is 17.8 Å². The summed E-state index contributed by atoms with van der Waals surface area (Å²) in [4.78, 5) is 46.8. The van der Waals surface area contributed by atoms with E-state index < -0.39 is 42.2 Å². The van der Waals surface area contributed by atoms with Gasteiger partial charge >= 0.3 is 12.1 Å². The van der Waals surface area contributed by atoms with Gasteiger partial charge in [0.2, 0.25) is 5.91 Å². The van der Waals surface area contributed by atoms with Crippen molar-refractivity contribution in [3.05, 3.63) is 47.0 Å². The van der Waals surface area contributed by atoms with E-state index in [0.717, 1.165) is 34.4 Å². The standard InChI is InChI=1S/C22H21F3N6O4/c1-11-15(12(2)31-21(28-11)26-10-27-31)5-7-19(33)35-13(3)20(34)30-9-18(32)29-16-8-14(22(23,24)25)4-6-17(16)30/h4,6,8,10,13H,5,7,9H2,1-3H3,(H,29,32). The summed E-state index contributed by atoms with van der Waals surface area (Å²) in [6, 6.07) is 2.68. The zero-order chi connectivity index (χ0) is 25.5. The Morgan fingerprint density at radius 3 is 2.71 bits per heavy atom. The first-order valence-electron chi connectivity index (χ1n) is 10.6. The zero-order valence-electron chi connectivity index (χ0n) is 19.0. The van der Waals surface area contributed by atoms with Crippen LogP contribution in [0.5, 0.6) is 0 Å². The van der Waals surface area contributed by atoms with E-state index >= 15 is 0 Å². The van der Waals surface area contributed by atoms with Gasteiger partial charge in [-0.1, -0.05) is 0 Å². The quantitative estimate of drug-likeness (QED) is 0.546. The lowest BCUT2D eigenvalue weighted by molar-refractivity contribution is -0.153. The van der Waals surface area contributed by atoms with Crippen LogP contribution in [0.1, 0.15) is 35.9 Å². The fourth-order valence-electron chi connectivity index (χ4n) is 3.93. The maximum atomic E-state index is 13.0. The van der Waals surface area contributed by atoms with Gasteiger partial charge in [-0.2, -0.15) is 23.3 Å². The molecule has 1 unspecified atom stereocenters. The number of hydrogen-bond donors (Lipinski definition) is 1. The van der Waals surface area contributed by atoms with Crippen molar-refractivity contribution in [2.45, 2.75) is 45.9 Å².